The van der Waals surface area contributed by atoms with Crippen molar-refractivity contribution >= 4 is 28.5 Å². The van der Waals surface area contributed by atoms with Crippen LogP contribution >= 0.6 is 11.8 Å². The highest BCUT2D eigenvalue weighted by molar-refractivity contribution is 8.13. The predicted molar refractivity (Wildman–Crippen MR) is 115 cm³/mol. The monoisotopic (exact) mass is 379 g/mol. The minimum absolute atomic E-state index is 0.124. The average Bonchev–Trinajstić information content (AvgIpc) is 2.69. The Morgan fingerprint density at radius 2 is 1.78 bits per heavy atom. The maximum atomic E-state index is 13.0. The molecule has 1 atom stereocenters. The van der Waals surface area contributed by atoms with Crippen LogP contribution in [0, 0.1) is 0 Å². The summed E-state index contributed by atoms with van der Waals surface area (Å²) >= 11 is 1.71. The van der Waals surface area contributed by atoms with Gasteiger partial charge in [-0.1, -0.05) is 73.6 Å². The number of carbonyl (C=O) groups is 1. The first-order valence-electron chi connectivity index (χ1n) is 9.28. The smallest absolute Gasteiger partial charge is 0.255 e. The second-order valence-corrected chi connectivity index (χ2v) is 7.52. The van der Waals surface area contributed by atoms with Crippen LogP contribution in [-0.4, -0.2) is 16.8 Å². The Bertz CT molecular complexity index is 831. The van der Waals surface area contributed by atoms with Gasteiger partial charge in [0.2, 0.25) is 0 Å². The fourth-order valence-corrected chi connectivity index (χ4v) is 3.96. The molecule has 0 unspecified atom stereocenters. The van der Waals surface area contributed by atoms with Crippen LogP contribution < -0.4 is 10.6 Å². The molecule has 140 valence electrons. The summed E-state index contributed by atoms with van der Waals surface area (Å²) in [5, 5.41) is 7.20. The predicted octanol–water partition coefficient (Wildman–Crippen LogP) is 5.13. The van der Waals surface area contributed by atoms with Crippen LogP contribution in [0.4, 0.5) is 5.69 Å². The zero-order valence-electron chi connectivity index (χ0n) is 15.7. The van der Waals surface area contributed by atoms with Gasteiger partial charge in [-0.2, -0.15) is 0 Å². The molecule has 0 bridgehead atoms. The molecule has 0 saturated carbocycles. The molecule has 0 saturated heterocycles. The summed E-state index contributed by atoms with van der Waals surface area (Å²) in [6.45, 7) is 4.13. The second-order valence-electron chi connectivity index (χ2n) is 6.43. The van der Waals surface area contributed by atoms with Gasteiger partial charge >= 0.3 is 0 Å². The van der Waals surface area contributed by atoms with Gasteiger partial charge in [-0.05, 0) is 31.0 Å². The summed E-state index contributed by atoms with van der Waals surface area (Å²) in [5.41, 5.74) is 3.31. The quantitative estimate of drug-likeness (QED) is 0.684. The number of rotatable bonds is 6. The van der Waals surface area contributed by atoms with Crippen molar-refractivity contribution in [3.05, 3.63) is 77.5 Å². The molecule has 2 aromatic rings. The molecule has 27 heavy (non-hydrogen) atoms. The molecule has 1 aliphatic heterocycles. The molecule has 1 heterocycles. The highest BCUT2D eigenvalue weighted by Crippen LogP contribution is 2.33. The average molecular weight is 380 g/mol. The number of nitrogens with zero attached hydrogens (tertiary/aromatic N) is 1. The van der Waals surface area contributed by atoms with E-state index in [0.717, 1.165) is 40.7 Å². The number of amidine groups is 1. The highest BCUT2D eigenvalue weighted by atomic mass is 32.2. The topological polar surface area (TPSA) is 53.5 Å². The molecule has 5 heteroatoms. The van der Waals surface area contributed by atoms with E-state index in [-0.39, 0.29) is 11.9 Å². The largest absolute Gasteiger partial charge is 0.338 e. The molecule has 1 aliphatic rings. The van der Waals surface area contributed by atoms with Crippen molar-refractivity contribution in [3.8, 4) is 0 Å². The molecule has 0 spiro atoms. The number of benzene rings is 2. The number of hydrogen-bond donors (Lipinski definition) is 2. The summed E-state index contributed by atoms with van der Waals surface area (Å²) in [4.78, 5) is 17.9. The summed E-state index contributed by atoms with van der Waals surface area (Å²) < 4.78 is 0. The number of para-hydroxylation sites is 1. The zero-order valence-corrected chi connectivity index (χ0v) is 16.6. The van der Waals surface area contributed by atoms with Crippen molar-refractivity contribution in [1.82, 2.24) is 5.32 Å². The number of unbranched alkanes of at least 4 members (excludes halogenated alkanes) is 1. The fraction of sp³-hybridized carbons (Fsp3) is 0.273. The third-order valence-electron chi connectivity index (χ3n) is 4.35. The van der Waals surface area contributed by atoms with Crippen molar-refractivity contribution in [3.63, 3.8) is 0 Å². The maximum absolute atomic E-state index is 13.0. The van der Waals surface area contributed by atoms with E-state index in [0.29, 0.717) is 5.57 Å². The highest BCUT2D eigenvalue weighted by Gasteiger charge is 2.29. The Balaban J connectivity index is 1.88. The van der Waals surface area contributed by atoms with Crippen molar-refractivity contribution in [2.45, 2.75) is 32.7 Å². The SMILES string of the molecule is CCCCSC1=N[C@H](c2ccccc2)C(C(=O)Nc2ccccc2)=C(C)N1. The van der Waals surface area contributed by atoms with Gasteiger partial charge in [0.05, 0.1) is 5.57 Å². The van der Waals surface area contributed by atoms with E-state index in [1.165, 1.54) is 0 Å². The molecule has 3 rings (SSSR count). The Morgan fingerprint density at radius 1 is 1.11 bits per heavy atom. The minimum Gasteiger partial charge on any atom is -0.338 e. The first kappa shape index (κ1) is 19.2. The Morgan fingerprint density at radius 3 is 2.44 bits per heavy atom. The van der Waals surface area contributed by atoms with E-state index in [2.05, 4.69) is 17.6 Å². The molecular weight excluding hydrogens is 354 g/mol. The van der Waals surface area contributed by atoms with E-state index in [1.54, 1.807) is 11.8 Å². The van der Waals surface area contributed by atoms with Gasteiger partial charge in [-0.25, -0.2) is 4.99 Å². The summed E-state index contributed by atoms with van der Waals surface area (Å²) in [7, 11) is 0. The summed E-state index contributed by atoms with van der Waals surface area (Å²) in [5.74, 6) is 0.893. The molecular formula is C22H25N3OS. The lowest BCUT2D eigenvalue weighted by atomic mass is 9.96. The molecule has 1 amide bonds. The normalized spacial score (nSPS) is 16.5. The number of nitrogens with one attached hydrogen (secondary N) is 2. The second kappa shape index (κ2) is 9.42. The van der Waals surface area contributed by atoms with Crippen LogP contribution in [0.25, 0.3) is 0 Å². The number of carbonyl (C=O) groups excluding carboxylic acids is 1. The van der Waals surface area contributed by atoms with Crippen molar-refractivity contribution in [2.75, 3.05) is 11.1 Å². The first-order chi connectivity index (χ1) is 13.2. The number of thioether (sulfide) groups is 1. The van der Waals surface area contributed by atoms with Crippen LogP contribution in [0.5, 0.6) is 0 Å². The standard InChI is InChI=1S/C22H25N3OS/c1-3-4-15-27-22-23-16(2)19(20(25-22)17-11-7-5-8-12-17)21(26)24-18-13-9-6-10-14-18/h5-14,20H,3-4,15H2,1-2H3,(H,23,25)(H,24,26)/t20-/m1/s1. The van der Waals surface area contributed by atoms with Gasteiger partial charge in [-0.15, -0.1) is 0 Å². The lowest BCUT2D eigenvalue weighted by Gasteiger charge is -2.26. The molecule has 0 fully saturated rings. The van der Waals surface area contributed by atoms with Crippen molar-refractivity contribution in [1.29, 1.82) is 0 Å². The van der Waals surface area contributed by atoms with Gasteiger partial charge in [0.25, 0.3) is 5.91 Å². The lowest BCUT2D eigenvalue weighted by Crippen LogP contribution is -2.32. The molecule has 0 aliphatic carbocycles. The van der Waals surface area contributed by atoms with Gasteiger partial charge in [-0.3, -0.25) is 4.79 Å². The maximum Gasteiger partial charge on any atom is 0.255 e. The van der Waals surface area contributed by atoms with E-state index in [9.17, 15) is 4.79 Å². The van der Waals surface area contributed by atoms with E-state index < -0.39 is 0 Å². The third-order valence-corrected chi connectivity index (χ3v) is 5.32. The zero-order chi connectivity index (χ0) is 19.1. The van der Waals surface area contributed by atoms with Crippen LogP contribution in [-0.2, 0) is 4.79 Å². The number of allylic oxidation sites excluding steroid dienone is 1. The van der Waals surface area contributed by atoms with Crippen molar-refractivity contribution < 1.29 is 4.79 Å². The number of aliphatic imine (C=N–C) groups is 1. The summed E-state index contributed by atoms with van der Waals surface area (Å²) in [6, 6.07) is 19.2. The van der Waals surface area contributed by atoms with E-state index in [1.807, 2.05) is 67.6 Å². The molecule has 0 radical (unpaired) electrons. The minimum atomic E-state index is -0.305. The summed E-state index contributed by atoms with van der Waals surface area (Å²) in [6.07, 6.45) is 2.30. The molecule has 0 aromatic heterocycles. The molecule has 2 N–H and O–H groups in total. The Labute approximate surface area is 165 Å². The lowest BCUT2D eigenvalue weighted by molar-refractivity contribution is -0.113. The Hall–Kier alpha value is -2.53. The van der Waals surface area contributed by atoms with Crippen LogP contribution in [0.2, 0.25) is 0 Å². The van der Waals surface area contributed by atoms with Gasteiger partial charge in [0, 0.05) is 17.1 Å². The molecule has 2 aromatic carbocycles. The number of anilines is 1. The van der Waals surface area contributed by atoms with Crippen LogP contribution in [0.15, 0.2) is 76.9 Å². The first-order valence-corrected chi connectivity index (χ1v) is 10.3. The van der Waals surface area contributed by atoms with Gasteiger partial charge in [0.15, 0.2) is 5.17 Å². The number of hydrogen-bond acceptors (Lipinski definition) is 4. The third kappa shape index (κ3) is 5.01. The Kier molecular flexibility index (Phi) is 6.71. The van der Waals surface area contributed by atoms with Crippen LogP contribution in [0.1, 0.15) is 38.3 Å². The van der Waals surface area contributed by atoms with E-state index >= 15 is 0 Å². The van der Waals surface area contributed by atoms with Gasteiger partial charge in [0.1, 0.15) is 6.04 Å². The molecule has 4 nitrogen and oxygen atoms in total. The fourth-order valence-electron chi connectivity index (χ4n) is 2.92. The van der Waals surface area contributed by atoms with Crippen LogP contribution in [0.3, 0.4) is 0 Å². The number of amides is 1. The van der Waals surface area contributed by atoms with Gasteiger partial charge < -0.3 is 10.6 Å². The van der Waals surface area contributed by atoms with Crippen molar-refractivity contribution in [2.24, 2.45) is 4.99 Å². The van der Waals surface area contributed by atoms with E-state index in [4.69, 9.17) is 4.99 Å².